The van der Waals surface area contributed by atoms with Crippen LogP contribution >= 0.6 is 0 Å². The van der Waals surface area contributed by atoms with Gasteiger partial charge in [-0.1, -0.05) is 18.2 Å². The molecule has 20 heavy (non-hydrogen) atoms. The van der Waals surface area contributed by atoms with Crippen LogP contribution in [-0.4, -0.2) is 23.9 Å². The first-order valence-corrected chi connectivity index (χ1v) is 6.54. The molecule has 0 bridgehead atoms. The van der Waals surface area contributed by atoms with Crippen LogP contribution in [0.5, 0.6) is 0 Å². The molecule has 2 rings (SSSR count). The largest absolute Gasteiger partial charge is 0.416 e. The van der Waals surface area contributed by atoms with Crippen LogP contribution in [0.2, 0.25) is 0 Å². The minimum atomic E-state index is -4.33. The monoisotopic (exact) mass is 286 g/mol. The number of amides is 1. The third-order valence-electron chi connectivity index (χ3n) is 3.57. The second kappa shape index (κ2) is 5.83. The predicted molar refractivity (Wildman–Crippen MR) is 68.6 cm³/mol. The van der Waals surface area contributed by atoms with Gasteiger partial charge in [0.2, 0.25) is 5.91 Å². The highest BCUT2D eigenvalue weighted by atomic mass is 19.4. The van der Waals surface area contributed by atoms with Crippen molar-refractivity contribution in [2.75, 3.05) is 13.1 Å². The van der Waals surface area contributed by atoms with Gasteiger partial charge in [0.25, 0.3) is 0 Å². The minimum Gasteiger partial charge on any atom is -0.369 e. The number of rotatable bonds is 3. The normalized spacial score (nSPS) is 20.9. The summed E-state index contributed by atoms with van der Waals surface area (Å²) in [7, 11) is 0. The van der Waals surface area contributed by atoms with Gasteiger partial charge in [0.05, 0.1) is 11.5 Å². The third-order valence-corrected chi connectivity index (χ3v) is 3.57. The van der Waals surface area contributed by atoms with Crippen LogP contribution in [0.4, 0.5) is 13.2 Å². The Kier molecular flexibility index (Phi) is 4.32. The predicted octanol–water partition coefficient (Wildman–Crippen LogP) is 2.40. The molecular weight excluding hydrogens is 269 g/mol. The van der Waals surface area contributed by atoms with E-state index in [9.17, 15) is 18.0 Å². The van der Waals surface area contributed by atoms with Gasteiger partial charge in [-0.3, -0.25) is 9.69 Å². The number of halogens is 3. The van der Waals surface area contributed by atoms with Crippen LogP contribution < -0.4 is 5.73 Å². The summed E-state index contributed by atoms with van der Waals surface area (Å²) in [4.78, 5) is 13.2. The van der Waals surface area contributed by atoms with Crippen molar-refractivity contribution in [1.29, 1.82) is 0 Å². The average molecular weight is 286 g/mol. The highest BCUT2D eigenvalue weighted by molar-refractivity contribution is 5.76. The smallest absolute Gasteiger partial charge is 0.369 e. The Morgan fingerprint density at radius 2 is 2.15 bits per heavy atom. The van der Waals surface area contributed by atoms with Gasteiger partial charge in [-0.05, 0) is 31.0 Å². The van der Waals surface area contributed by atoms with Crippen LogP contribution in [0, 0.1) is 5.92 Å². The van der Waals surface area contributed by atoms with Crippen LogP contribution in [0.25, 0.3) is 0 Å². The molecule has 1 unspecified atom stereocenters. The van der Waals surface area contributed by atoms with Crippen molar-refractivity contribution in [3.05, 3.63) is 35.4 Å². The van der Waals surface area contributed by atoms with Gasteiger partial charge in [0, 0.05) is 13.1 Å². The van der Waals surface area contributed by atoms with E-state index >= 15 is 0 Å². The molecule has 1 amide bonds. The zero-order valence-electron chi connectivity index (χ0n) is 11.0. The fourth-order valence-electron chi connectivity index (χ4n) is 2.54. The Morgan fingerprint density at radius 3 is 2.80 bits per heavy atom. The van der Waals surface area contributed by atoms with E-state index < -0.39 is 11.7 Å². The fraction of sp³-hybridized carbons (Fsp3) is 0.500. The van der Waals surface area contributed by atoms with Gasteiger partial charge in [0.1, 0.15) is 0 Å². The lowest BCUT2D eigenvalue weighted by Gasteiger charge is -2.31. The summed E-state index contributed by atoms with van der Waals surface area (Å²) in [5.74, 6) is -0.534. The molecule has 110 valence electrons. The van der Waals surface area contributed by atoms with E-state index in [1.54, 1.807) is 6.07 Å². The molecule has 1 heterocycles. The summed E-state index contributed by atoms with van der Waals surface area (Å²) in [6, 6.07) is 5.30. The number of carbonyl (C=O) groups excluding carboxylic acids is 1. The highest BCUT2D eigenvalue weighted by Gasteiger charge is 2.30. The number of nitrogens with zero attached hydrogens (tertiary/aromatic N) is 1. The first-order chi connectivity index (χ1) is 9.36. The molecular formula is C14H17F3N2O. The van der Waals surface area contributed by atoms with Crippen LogP contribution in [-0.2, 0) is 17.5 Å². The number of likely N-dealkylation sites (tertiary alicyclic amines) is 1. The van der Waals surface area contributed by atoms with Crippen molar-refractivity contribution in [2.45, 2.75) is 25.6 Å². The molecule has 2 N–H and O–H groups in total. The zero-order chi connectivity index (χ0) is 14.8. The summed E-state index contributed by atoms with van der Waals surface area (Å²) in [6.07, 6.45) is -2.73. The van der Waals surface area contributed by atoms with Gasteiger partial charge < -0.3 is 5.73 Å². The van der Waals surface area contributed by atoms with Crippen molar-refractivity contribution in [3.8, 4) is 0 Å². The second-order valence-corrected chi connectivity index (χ2v) is 5.17. The molecule has 0 spiro atoms. The second-order valence-electron chi connectivity index (χ2n) is 5.17. The minimum absolute atomic E-state index is 0.199. The molecule has 0 aliphatic carbocycles. The van der Waals surface area contributed by atoms with E-state index in [2.05, 4.69) is 0 Å². The summed E-state index contributed by atoms with van der Waals surface area (Å²) in [5, 5.41) is 0. The van der Waals surface area contributed by atoms with Crippen molar-refractivity contribution >= 4 is 5.91 Å². The molecule has 3 nitrogen and oxygen atoms in total. The maximum absolute atomic E-state index is 12.6. The highest BCUT2D eigenvalue weighted by Crippen LogP contribution is 2.30. The Balaban J connectivity index is 2.04. The van der Waals surface area contributed by atoms with Crippen molar-refractivity contribution < 1.29 is 18.0 Å². The number of hydrogen-bond acceptors (Lipinski definition) is 2. The van der Waals surface area contributed by atoms with Crippen LogP contribution in [0.15, 0.2) is 24.3 Å². The maximum atomic E-state index is 12.6. The van der Waals surface area contributed by atoms with E-state index in [-0.39, 0.29) is 11.8 Å². The lowest BCUT2D eigenvalue weighted by Crippen LogP contribution is -2.40. The Labute approximate surface area is 115 Å². The number of primary amides is 1. The summed E-state index contributed by atoms with van der Waals surface area (Å²) in [6.45, 7) is 1.71. The van der Waals surface area contributed by atoms with E-state index in [0.717, 1.165) is 31.5 Å². The van der Waals surface area contributed by atoms with Gasteiger partial charge in [-0.15, -0.1) is 0 Å². The van der Waals surface area contributed by atoms with Crippen molar-refractivity contribution in [3.63, 3.8) is 0 Å². The first kappa shape index (κ1) is 14.8. The van der Waals surface area contributed by atoms with Crippen LogP contribution in [0.1, 0.15) is 24.0 Å². The molecule has 0 aromatic heterocycles. The molecule has 0 radical (unpaired) electrons. The fourth-order valence-corrected chi connectivity index (χ4v) is 2.54. The Morgan fingerprint density at radius 1 is 1.40 bits per heavy atom. The number of carbonyl (C=O) groups is 1. The standard InChI is InChI=1S/C14H17F3N2O/c15-14(16,17)12-5-1-3-10(7-12)8-19-6-2-4-11(9-19)13(18)20/h1,3,5,7,11H,2,4,6,8-9H2,(H2,18,20). The van der Waals surface area contributed by atoms with Gasteiger partial charge in [-0.25, -0.2) is 0 Å². The summed E-state index contributed by atoms with van der Waals surface area (Å²) < 4.78 is 37.9. The Hall–Kier alpha value is -1.56. The average Bonchev–Trinajstić information content (AvgIpc) is 2.38. The first-order valence-electron chi connectivity index (χ1n) is 6.54. The molecule has 1 fully saturated rings. The number of benzene rings is 1. The topological polar surface area (TPSA) is 46.3 Å². The Bertz CT molecular complexity index is 488. The maximum Gasteiger partial charge on any atom is 0.416 e. The van der Waals surface area contributed by atoms with Gasteiger partial charge >= 0.3 is 6.18 Å². The number of nitrogens with two attached hydrogens (primary N) is 1. The molecule has 1 aromatic rings. The van der Waals surface area contributed by atoms with E-state index in [4.69, 9.17) is 5.73 Å². The number of alkyl halides is 3. The summed E-state index contributed by atoms with van der Waals surface area (Å²) >= 11 is 0. The lowest BCUT2D eigenvalue weighted by atomic mass is 9.97. The van der Waals surface area contributed by atoms with E-state index in [1.165, 1.54) is 6.07 Å². The molecule has 0 saturated carbocycles. The molecule has 1 aromatic carbocycles. The number of piperidine rings is 1. The molecule has 1 atom stereocenters. The zero-order valence-corrected chi connectivity index (χ0v) is 11.0. The number of hydrogen-bond donors (Lipinski definition) is 1. The van der Waals surface area contributed by atoms with E-state index in [1.807, 2.05) is 4.90 Å². The SMILES string of the molecule is NC(=O)C1CCCN(Cc2cccc(C(F)(F)F)c2)C1. The van der Waals surface area contributed by atoms with Crippen molar-refractivity contribution in [1.82, 2.24) is 4.90 Å². The lowest BCUT2D eigenvalue weighted by molar-refractivity contribution is -0.137. The quantitative estimate of drug-likeness (QED) is 0.927. The van der Waals surface area contributed by atoms with Gasteiger partial charge in [0.15, 0.2) is 0 Å². The molecule has 1 aliphatic heterocycles. The third kappa shape index (κ3) is 3.72. The molecule has 1 aliphatic rings. The summed E-state index contributed by atoms with van der Waals surface area (Å²) in [5.41, 5.74) is 5.25. The van der Waals surface area contributed by atoms with Gasteiger partial charge in [-0.2, -0.15) is 13.2 Å². The molecule has 6 heteroatoms. The molecule has 1 saturated heterocycles. The van der Waals surface area contributed by atoms with E-state index in [0.29, 0.717) is 18.7 Å². The van der Waals surface area contributed by atoms with Crippen LogP contribution in [0.3, 0.4) is 0 Å². The van der Waals surface area contributed by atoms with Crippen molar-refractivity contribution in [2.24, 2.45) is 11.7 Å².